The molecule has 1 aromatic carbocycles. The van der Waals surface area contributed by atoms with Crippen LogP contribution in [0, 0.1) is 0 Å². The molecule has 9 heteroatoms. The van der Waals surface area contributed by atoms with Gasteiger partial charge in [-0.2, -0.15) is 0 Å². The van der Waals surface area contributed by atoms with E-state index in [9.17, 15) is 9.59 Å². The number of halogens is 3. The van der Waals surface area contributed by atoms with Gasteiger partial charge in [-0.25, -0.2) is 0 Å². The molecular weight excluding hydrogens is 405 g/mol. The van der Waals surface area contributed by atoms with Gasteiger partial charge in [0.25, 0.3) is 5.91 Å². The number of likely N-dealkylation sites (tertiary alicyclic amines) is 1. The van der Waals surface area contributed by atoms with Crippen LogP contribution in [0.25, 0.3) is 0 Å². The Kier molecular flexibility index (Phi) is 5.43. The lowest BCUT2D eigenvalue weighted by atomic mass is 10.2. The summed E-state index contributed by atoms with van der Waals surface area (Å²) in [6.07, 6.45) is 1.35. The van der Waals surface area contributed by atoms with E-state index in [1.165, 1.54) is 23.5 Å². The number of hydrogen-bond donors (Lipinski definition) is 2. The molecule has 0 saturated carbocycles. The van der Waals surface area contributed by atoms with Gasteiger partial charge in [0.2, 0.25) is 5.91 Å². The van der Waals surface area contributed by atoms with Crippen molar-refractivity contribution >= 4 is 69.3 Å². The number of nitrogens with two attached hydrogens (primary N) is 1. The number of amides is 2. The highest BCUT2D eigenvalue weighted by Gasteiger charge is 2.35. The van der Waals surface area contributed by atoms with Gasteiger partial charge in [-0.05, 0) is 37.1 Å². The Morgan fingerprint density at radius 3 is 2.48 bits per heavy atom. The quantitative estimate of drug-likeness (QED) is 0.719. The number of benzene rings is 1. The maximum absolute atomic E-state index is 12.6. The van der Waals surface area contributed by atoms with E-state index < -0.39 is 6.04 Å². The van der Waals surface area contributed by atoms with Crippen LogP contribution < -0.4 is 11.1 Å². The second-order valence-electron chi connectivity index (χ2n) is 5.60. The molecule has 132 valence electrons. The second-order valence-corrected chi connectivity index (χ2v) is 8.13. The van der Waals surface area contributed by atoms with Crippen molar-refractivity contribution in [3.05, 3.63) is 43.5 Å². The number of rotatable bonds is 3. The first-order chi connectivity index (χ1) is 11.9. The van der Waals surface area contributed by atoms with Crippen LogP contribution in [0.5, 0.6) is 0 Å². The minimum Gasteiger partial charge on any atom is -0.396 e. The first-order valence-electron chi connectivity index (χ1n) is 7.48. The number of nitrogens with one attached hydrogen (secondary N) is 1. The molecule has 2 aromatic rings. The Morgan fingerprint density at radius 2 is 1.88 bits per heavy atom. The molecule has 2 heterocycles. The van der Waals surface area contributed by atoms with Crippen LogP contribution in [-0.2, 0) is 4.79 Å². The Labute approximate surface area is 163 Å². The van der Waals surface area contributed by atoms with E-state index in [4.69, 9.17) is 40.5 Å². The fraction of sp³-hybridized carbons (Fsp3) is 0.250. The Balaban J connectivity index is 1.76. The Bertz CT molecular complexity index is 817. The van der Waals surface area contributed by atoms with E-state index in [0.717, 1.165) is 6.42 Å². The molecule has 5 nitrogen and oxygen atoms in total. The largest absolute Gasteiger partial charge is 0.396 e. The fourth-order valence-corrected chi connectivity index (χ4v) is 4.22. The zero-order valence-corrected chi connectivity index (χ0v) is 16.0. The Morgan fingerprint density at radius 1 is 1.20 bits per heavy atom. The zero-order valence-electron chi connectivity index (χ0n) is 12.9. The van der Waals surface area contributed by atoms with Crippen molar-refractivity contribution in [3.8, 4) is 0 Å². The third-order valence-corrected chi connectivity index (χ3v) is 5.79. The summed E-state index contributed by atoms with van der Waals surface area (Å²) in [6.45, 7) is 0.524. The SMILES string of the molecule is Nc1c(Cl)cc(NC(=O)C2CCCN2C(=O)c2ccc(Cl)s2)cc1Cl. The van der Waals surface area contributed by atoms with Crippen LogP contribution in [0.2, 0.25) is 14.4 Å². The molecule has 0 radical (unpaired) electrons. The van der Waals surface area contributed by atoms with E-state index in [1.54, 1.807) is 17.0 Å². The average Bonchev–Trinajstić information content (AvgIpc) is 3.20. The summed E-state index contributed by atoms with van der Waals surface area (Å²) in [5.74, 6) is -0.478. The predicted octanol–water partition coefficient (Wildman–Crippen LogP) is 4.53. The number of carbonyl (C=O) groups is 2. The van der Waals surface area contributed by atoms with Crippen molar-refractivity contribution in [1.29, 1.82) is 0 Å². The predicted molar refractivity (Wildman–Crippen MR) is 103 cm³/mol. The standard InChI is InChI=1S/C16H14Cl3N3O2S/c17-9-6-8(7-10(18)14(9)20)21-15(23)11-2-1-5-22(11)16(24)12-3-4-13(19)25-12/h3-4,6-7,11H,1-2,5,20H2,(H,21,23). The van der Waals surface area contributed by atoms with Gasteiger partial charge in [-0.15, -0.1) is 11.3 Å². The van der Waals surface area contributed by atoms with Crippen LogP contribution in [0.4, 0.5) is 11.4 Å². The van der Waals surface area contributed by atoms with E-state index in [-0.39, 0.29) is 27.5 Å². The molecular formula is C16H14Cl3N3O2S. The van der Waals surface area contributed by atoms with Crippen molar-refractivity contribution in [2.24, 2.45) is 0 Å². The number of carbonyl (C=O) groups excluding carboxylic acids is 2. The number of thiophene rings is 1. The van der Waals surface area contributed by atoms with Gasteiger partial charge in [0.15, 0.2) is 0 Å². The normalized spacial score (nSPS) is 16.9. The Hall–Kier alpha value is -1.47. The number of anilines is 2. The molecule has 3 N–H and O–H groups in total. The highest BCUT2D eigenvalue weighted by molar-refractivity contribution is 7.18. The van der Waals surface area contributed by atoms with Gasteiger partial charge in [-0.3, -0.25) is 9.59 Å². The topological polar surface area (TPSA) is 75.4 Å². The number of nitrogen functional groups attached to an aromatic ring is 1. The average molecular weight is 419 g/mol. The highest BCUT2D eigenvalue weighted by Crippen LogP contribution is 2.32. The van der Waals surface area contributed by atoms with Crippen molar-refractivity contribution < 1.29 is 9.59 Å². The molecule has 1 saturated heterocycles. The fourth-order valence-electron chi connectivity index (χ4n) is 2.74. The number of nitrogens with zero attached hydrogens (tertiary/aromatic N) is 1. The molecule has 1 aliphatic heterocycles. The second kappa shape index (κ2) is 7.41. The van der Waals surface area contributed by atoms with Gasteiger partial charge < -0.3 is 16.0 Å². The van der Waals surface area contributed by atoms with Gasteiger partial charge in [0.05, 0.1) is 24.9 Å². The molecule has 0 aliphatic carbocycles. The third-order valence-electron chi connectivity index (χ3n) is 3.95. The minimum atomic E-state index is -0.552. The van der Waals surface area contributed by atoms with Gasteiger partial charge >= 0.3 is 0 Å². The van der Waals surface area contributed by atoms with E-state index in [1.807, 2.05) is 0 Å². The van der Waals surface area contributed by atoms with Crippen LogP contribution in [-0.4, -0.2) is 29.3 Å². The molecule has 0 spiro atoms. The highest BCUT2D eigenvalue weighted by atomic mass is 35.5. The molecule has 1 aliphatic rings. The summed E-state index contributed by atoms with van der Waals surface area (Å²) in [5, 5.41) is 3.27. The van der Waals surface area contributed by atoms with Crippen molar-refractivity contribution in [3.63, 3.8) is 0 Å². The maximum Gasteiger partial charge on any atom is 0.264 e. The van der Waals surface area contributed by atoms with Crippen molar-refractivity contribution in [2.45, 2.75) is 18.9 Å². The molecule has 25 heavy (non-hydrogen) atoms. The third kappa shape index (κ3) is 3.87. The summed E-state index contributed by atoms with van der Waals surface area (Å²) in [5.41, 5.74) is 6.39. The first-order valence-corrected chi connectivity index (χ1v) is 9.43. The number of hydrogen-bond acceptors (Lipinski definition) is 4. The summed E-state index contributed by atoms with van der Waals surface area (Å²) in [6, 6.07) is 5.84. The molecule has 0 bridgehead atoms. The molecule has 1 aromatic heterocycles. The van der Waals surface area contributed by atoms with Crippen LogP contribution in [0.15, 0.2) is 24.3 Å². The van der Waals surface area contributed by atoms with E-state index in [2.05, 4.69) is 5.32 Å². The van der Waals surface area contributed by atoms with Gasteiger partial charge in [0.1, 0.15) is 6.04 Å². The van der Waals surface area contributed by atoms with Crippen LogP contribution in [0.3, 0.4) is 0 Å². The van der Waals surface area contributed by atoms with Gasteiger partial charge in [-0.1, -0.05) is 34.8 Å². The molecule has 3 rings (SSSR count). The minimum absolute atomic E-state index is 0.192. The summed E-state index contributed by atoms with van der Waals surface area (Å²) < 4.78 is 0.537. The lowest BCUT2D eigenvalue weighted by molar-refractivity contribution is -0.119. The zero-order chi connectivity index (χ0) is 18.1. The molecule has 2 amide bonds. The molecule has 1 atom stereocenters. The monoisotopic (exact) mass is 417 g/mol. The van der Waals surface area contributed by atoms with Crippen LogP contribution >= 0.6 is 46.1 Å². The van der Waals surface area contributed by atoms with E-state index in [0.29, 0.717) is 27.9 Å². The van der Waals surface area contributed by atoms with E-state index >= 15 is 0 Å². The summed E-state index contributed by atoms with van der Waals surface area (Å²) in [4.78, 5) is 27.3. The van der Waals surface area contributed by atoms with Gasteiger partial charge in [0, 0.05) is 12.2 Å². The summed E-state index contributed by atoms with van der Waals surface area (Å²) in [7, 11) is 0. The first kappa shape index (κ1) is 18.3. The molecule has 1 unspecified atom stereocenters. The van der Waals surface area contributed by atoms with Crippen LogP contribution in [0.1, 0.15) is 22.5 Å². The lowest BCUT2D eigenvalue weighted by Gasteiger charge is -2.23. The van der Waals surface area contributed by atoms with Crippen molar-refractivity contribution in [1.82, 2.24) is 4.90 Å². The molecule has 1 fully saturated rings. The smallest absolute Gasteiger partial charge is 0.264 e. The summed E-state index contributed by atoms with van der Waals surface area (Å²) >= 11 is 19.1. The lowest BCUT2D eigenvalue weighted by Crippen LogP contribution is -2.42. The maximum atomic E-state index is 12.6. The van der Waals surface area contributed by atoms with Crippen molar-refractivity contribution in [2.75, 3.05) is 17.6 Å².